The summed E-state index contributed by atoms with van der Waals surface area (Å²) in [6, 6.07) is 107. The van der Waals surface area contributed by atoms with Crippen LogP contribution in [0.4, 0.5) is 34.1 Å². The number of nitrogens with zero attached hydrogens (tertiary/aromatic N) is 7. The van der Waals surface area contributed by atoms with Gasteiger partial charge in [0.25, 0.3) is 6.71 Å². The Morgan fingerprint density at radius 3 is 1.02 bits per heavy atom. The molecule has 2 aliphatic rings. The molecule has 0 atom stereocenters. The number of fused-ring (bicyclic) bond motifs is 7. The summed E-state index contributed by atoms with van der Waals surface area (Å²) in [7, 11) is 0. The van der Waals surface area contributed by atoms with Gasteiger partial charge >= 0.3 is 0 Å². The highest BCUT2D eigenvalue weighted by atomic mass is 15.2. The molecule has 7 nitrogen and oxygen atoms in total. The molecule has 2 aliphatic heterocycles. The second-order valence-corrected chi connectivity index (χ2v) is 32.4. The number of hydrogen-bond donors (Lipinski definition) is 0. The molecule has 0 spiro atoms. The highest BCUT2D eigenvalue weighted by Gasteiger charge is 2.44. The van der Waals surface area contributed by atoms with E-state index < -0.39 is 0 Å². The van der Waals surface area contributed by atoms with Gasteiger partial charge in [-0.2, -0.15) is 0 Å². The van der Waals surface area contributed by atoms with E-state index in [4.69, 9.17) is 19.9 Å². The Labute approximate surface area is 612 Å². The van der Waals surface area contributed by atoms with Crippen molar-refractivity contribution in [2.45, 2.75) is 105 Å². The second kappa shape index (κ2) is 25.1. The highest BCUT2D eigenvalue weighted by molar-refractivity contribution is 7.00. The third-order valence-electron chi connectivity index (χ3n) is 21.2. The monoisotopic (exact) mass is 1350 g/mol. The zero-order chi connectivity index (χ0) is 71.6. The van der Waals surface area contributed by atoms with Crippen LogP contribution in [0.25, 0.3) is 106 Å². The van der Waals surface area contributed by atoms with Crippen LogP contribution < -0.4 is 26.2 Å². The molecule has 8 heteroatoms. The lowest BCUT2D eigenvalue weighted by Gasteiger charge is -2.45. The molecule has 5 heterocycles. The van der Waals surface area contributed by atoms with Crippen molar-refractivity contribution in [3.05, 3.63) is 313 Å². The summed E-state index contributed by atoms with van der Waals surface area (Å²) >= 11 is 0. The van der Waals surface area contributed by atoms with Gasteiger partial charge in [0.2, 0.25) is 0 Å². The fraction of sp³-hybridized carbons (Fsp3) is 0.167. The molecular formula is C96H84BN7. The molecule has 104 heavy (non-hydrogen) atoms. The Morgan fingerprint density at radius 2 is 0.625 bits per heavy atom. The second-order valence-electron chi connectivity index (χ2n) is 32.4. The van der Waals surface area contributed by atoms with E-state index in [9.17, 15) is 0 Å². The standard InChI is InChI=1S/C96H84BN7/c1-93(2,3)67-53-68(94(4,5)6)56-71(55-67)102-85-46-29-26-43-77(85)97-78-44-27-30-47-86(78)103(72-57-69(95(7,8)9)54-70(58-72)96(10,11)12)88-52-66(51-87(102)89(88)97)65-48-49-84-76(50-65)73-40-25-28-45-83(73)104(84)90-74(91-98-79(61-32-17-13-18-33-61)59-80(99-91)62-34-19-14-20-35-62)41-31-42-75(90)92-100-81(63-36-21-15-22-37-63)60-82(101-92)64-38-23-16-24-39-64/h13-60H,1-12H3. The molecule has 0 bridgehead atoms. The van der Waals surface area contributed by atoms with E-state index in [0.717, 1.165) is 118 Å². The minimum atomic E-state index is -0.127. The van der Waals surface area contributed by atoms with Crippen LogP contribution in [0.1, 0.15) is 105 Å². The summed E-state index contributed by atoms with van der Waals surface area (Å²) in [5.74, 6) is 1.16. The predicted octanol–water partition coefficient (Wildman–Crippen LogP) is 23.3. The van der Waals surface area contributed by atoms with Gasteiger partial charge in [0.1, 0.15) is 0 Å². The average Bonchev–Trinajstić information content (AvgIpc) is 0.728. The number of rotatable bonds is 10. The van der Waals surface area contributed by atoms with Crippen LogP contribution in [0.2, 0.25) is 0 Å². The average molecular weight is 1350 g/mol. The minimum absolute atomic E-state index is 0.0632. The van der Waals surface area contributed by atoms with Crippen molar-refractivity contribution in [1.29, 1.82) is 0 Å². The Bertz CT molecular complexity index is 5380. The molecule has 0 amide bonds. The van der Waals surface area contributed by atoms with E-state index in [1.165, 1.54) is 50.0 Å². The van der Waals surface area contributed by atoms with Gasteiger partial charge in [0.05, 0.1) is 39.5 Å². The van der Waals surface area contributed by atoms with Crippen LogP contribution in [-0.4, -0.2) is 31.2 Å². The molecule has 0 radical (unpaired) electrons. The van der Waals surface area contributed by atoms with Gasteiger partial charge in [-0.05, 0) is 162 Å². The lowest BCUT2D eigenvalue weighted by molar-refractivity contribution is 0.568. The molecule has 0 saturated heterocycles. The normalized spacial score (nSPS) is 12.9. The maximum Gasteiger partial charge on any atom is 0.252 e. The van der Waals surface area contributed by atoms with E-state index in [1.807, 2.05) is 0 Å². The smallest absolute Gasteiger partial charge is 0.252 e. The zero-order valence-electron chi connectivity index (χ0n) is 61.4. The number of hydrogen-bond acceptors (Lipinski definition) is 6. The first-order valence-electron chi connectivity index (χ1n) is 36.5. The summed E-state index contributed by atoms with van der Waals surface area (Å²) in [6.07, 6.45) is 0. The molecule has 17 rings (SSSR count). The van der Waals surface area contributed by atoms with Crippen molar-refractivity contribution in [2.75, 3.05) is 9.80 Å². The summed E-state index contributed by atoms with van der Waals surface area (Å²) in [4.78, 5) is 27.6. The number of anilines is 6. The summed E-state index contributed by atoms with van der Waals surface area (Å²) in [6.45, 7) is 28.1. The fourth-order valence-electron chi connectivity index (χ4n) is 15.5. The summed E-state index contributed by atoms with van der Waals surface area (Å²) in [5, 5.41) is 2.20. The van der Waals surface area contributed by atoms with Gasteiger partial charge in [-0.1, -0.05) is 283 Å². The molecule has 506 valence electrons. The van der Waals surface area contributed by atoms with Crippen LogP contribution >= 0.6 is 0 Å². The molecular weight excluding hydrogens is 1260 g/mol. The van der Waals surface area contributed by atoms with Crippen LogP contribution in [0, 0.1) is 0 Å². The number of aromatic nitrogens is 5. The van der Waals surface area contributed by atoms with Crippen LogP contribution in [-0.2, 0) is 21.7 Å². The topological polar surface area (TPSA) is 63.0 Å². The number of para-hydroxylation sites is 4. The van der Waals surface area contributed by atoms with Gasteiger partial charge in [-0.3, -0.25) is 0 Å². The maximum atomic E-state index is 5.59. The Hall–Kier alpha value is -11.7. The van der Waals surface area contributed by atoms with E-state index in [-0.39, 0.29) is 28.4 Å². The van der Waals surface area contributed by atoms with Crippen molar-refractivity contribution < 1.29 is 0 Å². The Morgan fingerprint density at radius 1 is 0.269 bits per heavy atom. The van der Waals surface area contributed by atoms with Crippen molar-refractivity contribution in [2.24, 2.45) is 0 Å². The van der Waals surface area contributed by atoms with Crippen molar-refractivity contribution in [3.8, 4) is 84.6 Å². The van der Waals surface area contributed by atoms with Gasteiger partial charge in [0.15, 0.2) is 11.6 Å². The molecule has 15 aromatic rings. The largest absolute Gasteiger partial charge is 0.311 e. The third-order valence-corrected chi connectivity index (χ3v) is 21.2. The van der Waals surface area contributed by atoms with Crippen LogP contribution in [0.5, 0.6) is 0 Å². The Balaban J connectivity index is 0.960. The first-order chi connectivity index (χ1) is 50.1. The first-order valence-corrected chi connectivity index (χ1v) is 36.5. The molecule has 0 N–H and O–H groups in total. The van der Waals surface area contributed by atoms with E-state index in [1.54, 1.807) is 0 Å². The van der Waals surface area contributed by atoms with Crippen molar-refractivity contribution in [3.63, 3.8) is 0 Å². The summed E-state index contributed by atoms with van der Waals surface area (Å²) < 4.78 is 2.43. The highest BCUT2D eigenvalue weighted by Crippen LogP contribution is 2.50. The van der Waals surface area contributed by atoms with Crippen LogP contribution in [0.3, 0.4) is 0 Å². The third kappa shape index (κ3) is 11.7. The van der Waals surface area contributed by atoms with Gasteiger partial charge in [-0.25, -0.2) is 19.9 Å². The van der Waals surface area contributed by atoms with E-state index in [2.05, 4.69) is 389 Å². The lowest BCUT2D eigenvalue weighted by atomic mass is 9.33. The summed E-state index contributed by atoms with van der Waals surface area (Å²) in [5.41, 5.74) is 29.6. The van der Waals surface area contributed by atoms with Gasteiger partial charge in [-0.15, -0.1) is 0 Å². The van der Waals surface area contributed by atoms with E-state index in [0.29, 0.717) is 11.6 Å². The SMILES string of the molecule is CC(C)(C)c1cc(N2c3ccccc3B3c4ccccc4N(c4cc(C(C)(C)C)cc(C(C)(C)C)c4)c4cc(-c5ccc6c(c5)c5ccccc5n6-c5c(-c6nc(-c7ccccc7)cc(-c7ccccc7)n6)cccc5-c5nc(-c6ccccc6)cc(-c6ccccc6)n5)cc2c43)cc(C(C)(C)C)c1. The van der Waals surface area contributed by atoms with Crippen molar-refractivity contribution in [1.82, 2.24) is 24.5 Å². The van der Waals surface area contributed by atoms with Crippen molar-refractivity contribution >= 4 is 79.0 Å². The molecule has 0 fully saturated rings. The maximum absolute atomic E-state index is 5.59. The van der Waals surface area contributed by atoms with Gasteiger partial charge in [0, 0.05) is 78.3 Å². The first kappa shape index (κ1) is 65.6. The Kier molecular flexibility index (Phi) is 15.8. The molecule has 0 saturated carbocycles. The predicted molar refractivity (Wildman–Crippen MR) is 439 cm³/mol. The molecule has 0 aliphatic carbocycles. The molecule has 0 unspecified atom stereocenters. The quantitative estimate of drug-likeness (QED) is 0.127. The number of benzene rings is 12. The van der Waals surface area contributed by atoms with E-state index >= 15 is 0 Å². The van der Waals surface area contributed by atoms with Gasteiger partial charge < -0.3 is 14.4 Å². The lowest BCUT2D eigenvalue weighted by Crippen LogP contribution is -2.61. The molecule has 12 aromatic carbocycles. The van der Waals surface area contributed by atoms with Crippen LogP contribution in [0.15, 0.2) is 291 Å². The fourth-order valence-corrected chi connectivity index (χ4v) is 15.5. The zero-order valence-corrected chi connectivity index (χ0v) is 61.4. The molecule has 3 aromatic heterocycles. The minimum Gasteiger partial charge on any atom is -0.311 e.